The minimum absolute atomic E-state index is 0.0110. The molecule has 39 heavy (non-hydrogen) atoms. The molecule has 0 aliphatic rings. The molecule has 0 aliphatic heterocycles. The van der Waals surface area contributed by atoms with E-state index in [9.17, 15) is 37.8 Å². The molecule has 204 valence electrons. The van der Waals surface area contributed by atoms with Gasteiger partial charge in [0.15, 0.2) is 5.69 Å². The molecule has 3 heterocycles. The average molecular weight is 673 g/mol. The lowest BCUT2D eigenvalue weighted by atomic mass is 9.99. The van der Waals surface area contributed by atoms with Crippen molar-refractivity contribution in [3.63, 3.8) is 0 Å². The third kappa shape index (κ3) is 5.89. The molecule has 10 nitrogen and oxygen atoms in total. The van der Waals surface area contributed by atoms with E-state index in [0.29, 0.717) is 23.2 Å². The summed E-state index contributed by atoms with van der Waals surface area (Å²) in [6.45, 7) is 1.71. The number of aliphatic hydroxyl groups excluding tert-OH is 1. The van der Waals surface area contributed by atoms with Gasteiger partial charge in [0.25, 0.3) is 0 Å². The Morgan fingerprint density at radius 1 is 1.23 bits per heavy atom. The molecule has 4 rings (SSSR count). The number of amides is 2. The highest BCUT2D eigenvalue weighted by atomic mass is 127. The Morgan fingerprint density at radius 3 is 2.59 bits per heavy atom. The zero-order valence-electron chi connectivity index (χ0n) is 19.9. The Bertz CT molecular complexity index is 1640. The number of alkyl halides is 4. The first-order chi connectivity index (χ1) is 18.4. The summed E-state index contributed by atoms with van der Waals surface area (Å²) in [4.78, 5) is 44.7. The minimum atomic E-state index is -4.67. The van der Waals surface area contributed by atoms with Crippen LogP contribution in [0.4, 0.5) is 23.8 Å². The van der Waals surface area contributed by atoms with Gasteiger partial charge in [-0.2, -0.15) is 13.2 Å². The molecule has 2 amide bonds. The summed E-state index contributed by atoms with van der Waals surface area (Å²) in [6.07, 6.45) is -2.20. The topological polar surface area (TPSA) is 146 Å². The number of anilines is 1. The molecule has 0 saturated carbocycles. The predicted octanol–water partition coefficient (Wildman–Crippen LogP) is 4.97. The van der Waals surface area contributed by atoms with E-state index in [0.717, 1.165) is 22.9 Å². The molecule has 0 bridgehead atoms. The number of pyridine rings is 2. The summed E-state index contributed by atoms with van der Waals surface area (Å²) in [7, 11) is 0. The number of aromatic carboxylic acids is 1. The highest BCUT2D eigenvalue weighted by Gasteiger charge is 2.34. The van der Waals surface area contributed by atoms with Crippen LogP contribution in [0, 0.1) is 0 Å². The van der Waals surface area contributed by atoms with Crippen molar-refractivity contribution < 1.29 is 33.0 Å². The number of carboxylic acids is 1. The normalized spacial score (nSPS) is 12.4. The molecule has 4 N–H and O–H groups in total. The second kappa shape index (κ2) is 11.3. The molecular weight excluding hydrogens is 654 g/mol. The SMILES string of the molecule is CCNC(=O)Nc1cc(-c2nc(C(F)(F)F)cs2)c(-c2ccc3c(c2)c(=O)c(C(=O)O)cn3[C@H](I)CO)cn1. The number of hydrogen-bond donors (Lipinski definition) is 4. The molecule has 15 heteroatoms. The van der Waals surface area contributed by atoms with Crippen molar-refractivity contribution in [2.75, 3.05) is 18.5 Å². The summed E-state index contributed by atoms with van der Waals surface area (Å²) in [6, 6.07) is 5.36. The summed E-state index contributed by atoms with van der Waals surface area (Å²) in [5.74, 6) is -1.40. The lowest BCUT2D eigenvalue weighted by Gasteiger charge is -2.17. The van der Waals surface area contributed by atoms with Crippen molar-refractivity contribution in [1.82, 2.24) is 19.9 Å². The monoisotopic (exact) mass is 673 g/mol. The maximum Gasteiger partial charge on any atom is 0.434 e. The molecule has 0 radical (unpaired) electrons. The van der Waals surface area contributed by atoms with Crippen LogP contribution >= 0.6 is 33.9 Å². The fraction of sp³-hybridized carbons (Fsp3) is 0.208. The highest BCUT2D eigenvalue weighted by molar-refractivity contribution is 14.1. The minimum Gasteiger partial charge on any atom is -0.477 e. The molecule has 0 unspecified atom stereocenters. The Labute approximate surface area is 235 Å². The third-order valence-electron chi connectivity index (χ3n) is 5.53. The van der Waals surface area contributed by atoms with E-state index in [1.165, 1.54) is 22.9 Å². The van der Waals surface area contributed by atoms with E-state index in [2.05, 4.69) is 20.6 Å². The van der Waals surface area contributed by atoms with Gasteiger partial charge in [0.05, 0.1) is 12.1 Å². The van der Waals surface area contributed by atoms with E-state index in [1.807, 2.05) is 22.6 Å². The predicted molar refractivity (Wildman–Crippen MR) is 147 cm³/mol. The number of carbonyl (C=O) groups excluding carboxylic acids is 1. The van der Waals surface area contributed by atoms with Gasteiger partial charge in [0, 0.05) is 40.8 Å². The van der Waals surface area contributed by atoms with Gasteiger partial charge in [0.1, 0.15) is 20.4 Å². The number of nitrogens with zero attached hydrogens (tertiary/aromatic N) is 3. The van der Waals surface area contributed by atoms with Gasteiger partial charge in [-0.15, -0.1) is 11.3 Å². The Kier molecular flexibility index (Phi) is 8.22. The van der Waals surface area contributed by atoms with Crippen molar-refractivity contribution in [2.45, 2.75) is 17.1 Å². The van der Waals surface area contributed by atoms with Gasteiger partial charge in [0.2, 0.25) is 5.43 Å². The first kappa shape index (κ1) is 28.4. The van der Waals surface area contributed by atoms with Gasteiger partial charge in [-0.1, -0.05) is 28.7 Å². The molecule has 4 aromatic rings. The van der Waals surface area contributed by atoms with Crippen LogP contribution in [0.3, 0.4) is 0 Å². The smallest absolute Gasteiger partial charge is 0.434 e. The van der Waals surface area contributed by atoms with Crippen molar-refractivity contribution in [3.8, 4) is 21.7 Å². The summed E-state index contributed by atoms with van der Waals surface area (Å²) < 4.78 is 40.8. The lowest BCUT2D eigenvalue weighted by Crippen LogP contribution is -2.28. The number of rotatable bonds is 7. The van der Waals surface area contributed by atoms with Crippen LogP contribution in [0.5, 0.6) is 0 Å². The van der Waals surface area contributed by atoms with E-state index in [4.69, 9.17) is 0 Å². The second-order valence-corrected chi connectivity index (χ2v) is 10.4. The number of halogens is 4. The quantitative estimate of drug-likeness (QED) is 0.160. The first-order valence-corrected chi connectivity index (χ1v) is 13.3. The molecule has 0 saturated heterocycles. The molecule has 1 aromatic carbocycles. The Morgan fingerprint density at radius 2 is 1.97 bits per heavy atom. The van der Waals surface area contributed by atoms with Crippen molar-refractivity contribution in [2.24, 2.45) is 0 Å². The molecule has 0 fully saturated rings. The maximum atomic E-state index is 13.3. The Balaban J connectivity index is 1.94. The van der Waals surface area contributed by atoms with Crippen LogP contribution < -0.4 is 16.1 Å². The molecule has 1 atom stereocenters. The van der Waals surface area contributed by atoms with Crippen molar-refractivity contribution in [3.05, 3.63) is 63.5 Å². The van der Waals surface area contributed by atoms with E-state index >= 15 is 0 Å². The third-order valence-corrected chi connectivity index (χ3v) is 7.40. The zero-order chi connectivity index (χ0) is 28.5. The van der Waals surface area contributed by atoms with Crippen molar-refractivity contribution >= 4 is 62.6 Å². The Hall–Kier alpha value is -3.57. The number of aliphatic hydroxyl groups is 1. The van der Waals surface area contributed by atoms with E-state index in [-0.39, 0.29) is 28.4 Å². The van der Waals surface area contributed by atoms with Gasteiger partial charge < -0.3 is 20.1 Å². The van der Waals surface area contributed by atoms with Gasteiger partial charge in [-0.25, -0.2) is 19.6 Å². The van der Waals surface area contributed by atoms with Crippen LogP contribution in [0.1, 0.15) is 27.0 Å². The molecule has 3 aromatic heterocycles. The van der Waals surface area contributed by atoms with Gasteiger partial charge >= 0.3 is 18.2 Å². The number of thiazole rings is 1. The molecule has 0 spiro atoms. The van der Waals surface area contributed by atoms with Gasteiger partial charge in [-0.3, -0.25) is 10.1 Å². The zero-order valence-corrected chi connectivity index (χ0v) is 22.9. The fourth-order valence-corrected chi connectivity index (χ4v) is 5.09. The standard InChI is InChI=1S/C24H19F3IN5O5S/c1-2-29-23(38)32-19-6-12(21-31-17(10-39-21)24(25,26)27)14(7-30-19)11-3-4-16-13(5-11)20(35)15(22(36)37)8-33(16)18(28)9-34/h3-8,10,18,34H,2,9H2,1H3,(H,36,37)(H2,29,30,32,38)/t18-/m0/s1. The maximum absolute atomic E-state index is 13.3. The number of fused-ring (bicyclic) bond motifs is 1. The number of benzene rings is 1. The van der Waals surface area contributed by atoms with Gasteiger partial charge in [-0.05, 0) is 30.7 Å². The second-order valence-electron chi connectivity index (χ2n) is 8.07. The van der Waals surface area contributed by atoms with Crippen LogP contribution in [-0.4, -0.2) is 49.9 Å². The number of urea groups is 1. The highest BCUT2D eigenvalue weighted by Crippen LogP contribution is 2.39. The van der Waals surface area contributed by atoms with Crippen molar-refractivity contribution in [1.29, 1.82) is 0 Å². The van der Waals surface area contributed by atoms with E-state index in [1.54, 1.807) is 19.1 Å². The summed E-state index contributed by atoms with van der Waals surface area (Å²) in [5.41, 5.74) is -1.18. The van der Waals surface area contributed by atoms with E-state index < -0.39 is 38.9 Å². The fourth-order valence-electron chi connectivity index (χ4n) is 3.77. The average Bonchev–Trinajstić information content (AvgIpc) is 3.39. The largest absolute Gasteiger partial charge is 0.477 e. The number of aromatic nitrogens is 3. The number of carboxylic acid groups (broad SMARTS) is 1. The first-order valence-electron chi connectivity index (χ1n) is 11.2. The van der Waals surface area contributed by atoms with Crippen LogP contribution in [-0.2, 0) is 6.18 Å². The summed E-state index contributed by atoms with van der Waals surface area (Å²) in [5, 5.41) is 25.1. The number of carbonyl (C=O) groups is 2. The lowest BCUT2D eigenvalue weighted by molar-refractivity contribution is -0.140. The number of nitrogens with one attached hydrogen (secondary N) is 2. The van der Waals surface area contributed by atoms with Crippen LogP contribution in [0.2, 0.25) is 0 Å². The van der Waals surface area contributed by atoms with Crippen LogP contribution in [0.15, 0.2) is 46.8 Å². The molecule has 0 aliphatic carbocycles. The number of hydrogen-bond acceptors (Lipinski definition) is 7. The summed E-state index contributed by atoms with van der Waals surface area (Å²) >= 11 is 2.64. The molecular formula is C24H19F3IN5O5S. The van der Waals surface area contributed by atoms with Crippen LogP contribution in [0.25, 0.3) is 32.6 Å².